The van der Waals surface area contributed by atoms with E-state index < -0.39 is 0 Å². The Hall–Kier alpha value is -1.59. The van der Waals surface area contributed by atoms with Gasteiger partial charge >= 0.3 is 5.69 Å². The predicted molar refractivity (Wildman–Crippen MR) is 85.4 cm³/mol. The second-order valence-corrected chi connectivity index (χ2v) is 6.12. The molecule has 0 amide bonds. The van der Waals surface area contributed by atoms with Crippen LogP contribution in [0.3, 0.4) is 0 Å². The second kappa shape index (κ2) is 6.03. The van der Waals surface area contributed by atoms with Crippen molar-refractivity contribution in [2.45, 2.75) is 44.8 Å². The Labute approximate surface area is 124 Å². The van der Waals surface area contributed by atoms with Crippen LogP contribution in [0.4, 0.5) is 0 Å². The van der Waals surface area contributed by atoms with Crippen molar-refractivity contribution in [3.8, 4) is 0 Å². The predicted octanol–water partition coefficient (Wildman–Crippen LogP) is 1.53. The number of aromatic nitrogens is 2. The number of para-hydroxylation sites is 2. The fourth-order valence-corrected chi connectivity index (χ4v) is 3.35. The number of piperidine rings is 1. The van der Waals surface area contributed by atoms with E-state index in [1.165, 1.54) is 0 Å². The van der Waals surface area contributed by atoms with Crippen LogP contribution in [0.5, 0.6) is 0 Å². The summed E-state index contributed by atoms with van der Waals surface area (Å²) in [4.78, 5) is 17.4. The number of nitrogens with two attached hydrogens (primary N) is 1. The number of nitrogens with zero attached hydrogens (tertiary/aromatic N) is 2. The van der Waals surface area contributed by atoms with E-state index in [0.717, 1.165) is 49.9 Å². The maximum Gasteiger partial charge on any atom is 0.326 e. The van der Waals surface area contributed by atoms with Crippen molar-refractivity contribution in [3.63, 3.8) is 0 Å². The maximum absolute atomic E-state index is 12.0. The molecule has 3 N–H and O–H groups in total. The van der Waals surface area contributed by atoms with Crippen LogP contribution in [0.25, 0.3) is 11.0 Å². The number of H-pyrrole nitrogens is 1. The van der Waals surface area contributed by atoms with E-state index in [4.69, 9.17) is 5.73 Å². The van der Waals surface area contributed by atoms with Gasteiger partial charge in [-0.2, -0.15) is 0 Å². The number of aryl methyl sites for hydroxylation is 1. The Kier molecular flexibility index (Phi) is 4.12. The molecule has 114 valence electrons. The molecular formula is C16H24N4O. The summed E-state index contributed by atoms with van der Waals surface area (Å²) in [6.07, 6.45) is 3.14. The maximum atomic E-state index is 12.0. The largest absolute Gasteiger partial charge is 0.328 e. The highest BCUT2D eigenvalue weighted by molar-refractivity contribution is 5.74. The van der Waals surface area contributed by atoms with E-state index in [1.54, 1.807) is 0 Å². The van der Waals surface area contributed by atoms with Gasteiger partial charge in [0.1, 0.15) is 0 Å². The number of likely N-dealkylation sites (tertiary alicyclic amines) is 1. The Morgan fingerprint density at radius 1 is 1.33 bits per heavy atom. The molecule has 2 unspecified atom stereocenters. The van der Waals surface area contributed by atoms with Gasteiger partial charge in [0.2, 0.25) is 0 Å². The van der Waals surface area contributed by atoms with Crippen molar-refractivity contribution in [3.05, 3.63) is 34.7 Å². The lowest BCUT2D eigenvalue weighted by atomic mass is 9.99. The third-order valence-electron chi connectivity index (χ3n) is 4.56. The van der Waals surface area contributed by atoms with Crippen LogP contribution in [-0.2, 0) is 6.54 Å². The lowest BCUT2D eigenvalue weighted by molar-refractivity contribution is 0.144. The molecule has 2 aromatic rings. The minimum absolute atomic E-state index is 0.00934. The van der Waals surface area contributed by atoms with Crippen molar-refractivity contribution in [1.82, 2.24) is 14.5 Å². The van der Waals surface area contributed by atoms with Gasteiger partial charge in [0.05, 0.1) is 11.0 Å². The number of nitrogens with one attached hydrogen (secondary N) is 1. The zero-order chi connectivity index (χ0) is 14.8. The number of benzene rings is 1. The summed E-state index contributed by atoms with van der Waals surface area (Å²) in [7, 11) is 0. The molecule has 2 atom stereocenters. The van der Waals surface area contributed by atoms with Crippen molar-refractivity contribution >= 4 is 11.0 Å². The molecule has 1 aromatic carbocycles. The zero-order valence-electron chi connectivity index (χ0n) is 12.6. The average molecular weight is 288 g/mol. The van der Waals surface area contributed by atoms with Gasteiger partial charge in [-0.3, -0.25) is 4.57 Å². The van der Waals surface area contributed by atoms with Crippen LogP contribution >= 0.6 is 0 Å². The number of fused-ring (bicyclic) bond motifs is 1. The first-order valence-corrected chi connectivity index (χ1v) is 7.82. The first-order valence-electron chi connectivity index (χ1n) is 7.82. The fraction of sp³-hybridized carbons (Fsp3) is 0.562. The second-order valence-electron chi connectivity index (χ2n) is 6.12. The van der Waals surface area contributed by atoms with Crippen LogP contribution in [0.15, 0.2) is 29.1 Å². The third-order valence-corrected chi connectivity index (χ3v) is 4.56. The monoisotopic (exact) mass is 288 g/mol. The number of imidazole rings is 1. The van der Waals surface area contributed by atoms with Crippen LogP contribution in [0.1, 0.15) is 26.2 Å². The number of aromatic amines is 1. The molecule has 21 heavy (non-hydrogen) atoms. The molecule has 3 rings (SSSR count). The highest BCUT2D eigenvalue weighted by atomic mass is 16.1. The first kappa shape index (κ1) is 14.4. The zero-order valence-corrected chi connectivity index (χ0v) is 12.6. The van der Waals surface area contributed by atoms with E-state index >= 15 is 0 Å². The fourth-order valence-electron chi connectivity index (χ4n) is 3.35. The number of hydrogen-bond donors (Lipinski definition) is 2. The van der Waals surface area contributed by atoms with Gasteiger partial charge in [0, 0.05) is 25.2 Å². The van der Waals surface area contributed by atoms with Gasteiger partial charge in [0.15, 0.2) is 0 Å². The Balaban J connectivity index is 1.62. The SMILES string of the molecule is CC1CC(N)CCN1CCCn1c(=O)[nH]c2ccccc21. The third kappa shape index (κ3) is 3.04. The van der Waals surface area contributed by atoms with Crippen molar-refractivity contribution in [2.24, 2.45) is 5.73 Å². The normalized spacial score (nSPS) is 23.7. The standard InChI is InChI=1S/C16H24N4O/c1-12-11-13(17)7-10-19(12)8-4-9-20-15-6-3-2-5-14(15)18-16(20)21/h2-3,5-6,12-13H,4,7-11,17H2,1H3,(H,18,21). The average Bonchev–Trinajstić information content (AvgIpc) is 2.77. The Morgan fingerprint density at radius 2 is 2.14 bits per heavy atom. The lowest BCUT2D eigenvalue weighted by Crippen LogP contribution is -2.46. The first-order chi connectivity index (χ1) is 10.1. The van der Waals surface area contributed by atoms with Gasteiger partial charge in [0.25, 0.3) is 0 Å². The topological polar surface area (TPSA) is 67.0 Å². The molecule has 1 fully saturated rings. The van der Waals surface area contributed by atoms with Gasteiger partial charge in [-0.1, -0.05) is 12.1 Å². The minimum atomic E-state index is -0.00934. The molecule has 1 saturated heterocycles. The smallest absolute Gasteiger partial charge is 0.326 e. The van der Waals surface area contributed by atoms with Gasteiger partial charge in [-0.15, -0.1) is 0 Å². The van der Waals surface area contributed by atoms with Crippen LogP contribution in [0, 0.1) is 0 Å². The molecule has 2 heterocycles. The molecule has 0 bridgehead atoms. The summed E-state index contributed by atoms with van der Waals surface area (Å²) in [6, 6.07) is 8.76. The lowest BCUT2D eigenvalue weighted by Gasteiger charge is -2.36. The molecule has 0 saturated carbocycles. The van der Waals surface area contributed by atoms with Gasteiger partial charge in [-0.25, -0.2) is 4.79 Å². The number of rotatable bonds is 4. The quantitative estimate of drug-likeness (QED) is 0.896. The Morgan fingerprint density at radius 3 is 2.95 bits per heavy atom. The van der Waals surface area contributed by atoms with Gasteiger partial charge < -0.3 is 15.6 Å². The van der Waals surface area contributed by atoms with E-state index in [0.29, 0.717) is 12.1 Å². The van der Waals surface area contributed by atoms with Crippen molar-refractivity contribution in [1.29, 1.82) is 0 Å². The molecule has 5 nitrogen and oxygen atoms in total. The molecule has 1 aliphatic rings. The van der Waals surface area contributed by atoms with E-state index in [9.17, 15) is 4.79 Å². The van der Waals surface area contributed by atoms with E-state index in [1.807, 2.05) is 28.8 Å². The number of hydrogen-bond acceptors (Lipinski definition) is 3. The highest BCUT2D eigenvalue weighted by Crippen LogP contribution is 2.16. The van der Waals surface area contributed by atoms with Crippen molar-refractivity contribution in [2.75, 3.05) is 13.1 Å². The minimum Gasteiger partial charge on any atom is -0.328 e. The summed E-state index contributed by atoms with van der Waals surface area (Å²) < 4.78 is 1.84. The summed E-state index contributed by atoms with van der Waals surface area (Å²) in [6.45, 7) is 5.11. The molecule has 0 spiro atoms. The van der Waals surface area contributed by atoms with E-state index in [2.05, 4.69) is 16.8 Å². The molecule has 5 heteroatoms. The summed E-state index contributed by atoms with van der Waals surface area (Å²) in [5, 5.41) is 0. The summed E-state index contributed by atoms with van der Waals surface area (Å²) >= 11 is 0. The molecule has 1 aliphatic heterocycles. The molecule has 1 aromatic heterocycles. The van der Waals surface area contributed by atoms with Gasteiger partial charge in [-0.05, 0) is 44.9 Å². The van der Waals surface area contributed by atoms with Crippen molar-refractivity contribution < 1.29 is 0 Å². The summed E-state index contributed by atoms with van der Waals surface area (Å²) in [5.41, 5.74) is 7.90. The van der Waals surface area contributed by atoms with E-state index in [-0.39, 0.29) is 5.69 Å². The van der Waals surface area contributed by atoms with Crippen LogP contribution in [0.2, 0.25) is 0 Å². The Bertz CT molecular complexity index is 660. The highest BCUT2D eigenvalue weighted by Gasteiger charge is 2.22. The molecular weight excluding hydrogens is 264 g/mol. The summed E-state index contributed by atoms with van der Waals surface area (Å²) in [5.74, 6) is 0. The molecule has 0 aliphatic carbocycles. The molecule has 0 radical (unpaired) electrons. The van der Waals surface area contributed by atoms with Crippen LogP contribution in [-0.4, -0.2) is 39.6 Å². The van der Waals surface area contributed by atoms with Crippen LogP contribution < -0.4 is 11.4 Å².